The molecular formula is C29H33F2NO8S. The molecule has 1 aromatic carbocycles. The summed E-state index contributed by atoms with van der Waals surface area (Å²) in [6.07, 6.45) is 1.30. The minimum atomic E-state index is -3.73. The van der Waals surface area contributed by atoms with Gasteiger partial charge in [-0.3, -0.25) is 19.5 Å². The number of carbonyl (C=O) groups excluding carboxylic acids is 2. The van der Waals surface area contributed by atoms with E-state index in [1.165, 1.54) is 36.3 Å². The van der Waals surface area contributed by atoms with Crippen molar-refractivity contribution in [1.82, 2.24) is 0 Å². The molecule has 0 spiro atoms. The Morgan fingerprint density at radius 2 is 1.88 bits per heavy atom. The maximum atomic E-state index is 17.5. The summed E-state index contributed by atoms with van der Waals surface area (Å²) >= 11 is 0. The van der Waals surface area contributed by atoms with E-state index in [4.69, 9.17) is 9.02 Å². The summed E-state index contributed by atoms with van der Waals surface area (Å²) in [7, 11) is -3.73. The Labute approximate surface area is 236 Å². The lowest BCUT2D eigenvalue weighted by Crippen LogP contribution is -2.70. The molecule has 0 amide bonds. The molecule has 9 atom stereocenters. The van der Waals surface area contributed by atoms with Crippen LogP contribution in [0, 0.1) is 28.6 Å². The normalized spacial score (nSPS) is 43.1. The van der Waals surface area contributed by atoms with Gasteiger partial charge in [0.2, 0.25) is 0 Å². The van der Waals surface area contributed by atoms with Crippen LogP contribution >= 0.6 is 0 Å². The number of carbonyl (C=O) groups is 2. The Kier molecular flexibility index (Phi) is 6.19. The molecule has 4 fully saturated rings. The van der Waals surface area contributed by atoms with E-state index in [-0.39, 0.29) is 30.7 Å². The van der Waals surface area contributed by atoms with Crippen LogP contribution in [0.4, 0.5) is 14.5 Å². The first-order valence-corrected chi connectivity index (χ1v) is 15.5. The number of alkyl halides is 2. The van der Waals surface area contributed by atoms with Gasteiger partial charge in [0.25, 0.3) is 0 Å². The predicted octanol–water partition coefficient (Wildman–Crippen LogP) is 2.62. The molecule has 0 aromatic heterocycles. The zero-order chi connectivity index (χ0) is 29.8. The molecule has 5 aliphatic rings. The van der Waals surface area contributed by atoms with E-state index in [9.17, 15) is 28.2 Å². The van der Waals surface area contributed by atoms with E-state index in [2.05, 4.69) is 0 Å². The molecule has 9 nitrogen and oxygen atoms in total. The number of anilines is 1. The molecule has 3 saturated carbocycles. The van der Waals surface area contributed by atoms with E-state index >= 15 is 8.78 Å². The minimum absolute atomic E-state index is 0.0245. The van der Waals surface area contributed by atoms with E-state index in [0.717, 1.165) is 12.3 Å². The average molecular weight is 594 g/mol. The summed E-state index contributed by atoms with van der Waals surface area (Å²) in [5, 5.41) is 23.2. The number of aliphatic hydroxyl groups is 2. The summed E-state index contributed by atoms with van der Waals surface area (Å²) in [5.74, 6) is -2.99. The van der Waals surface area contributed by atoms with Crippen molar-refractivity contribution in [1.29, 1.82) is 0 Å². The van der Waals surface area contributed by atoms with Crippen molar-refractivity contribution < 1.29 is 46.0 Å². The molecule has 1 aliphatic heterocycles. The molecule has 12 heteroatoms. The van der Waals surface area contributed by atoms with E-state index in [1.54, 1.807) is 19.1 Å². The smallest absolute Gasteiger partial charge is 0.306 e. The quantitative estimate of drug-likeness (QED) is 0.495. The number of halogens is 2. The van der Waals surface area contributed by atoms with Crippen LogP contribution in [-0.4, -0.2) is 73.2 Å². The minimum Gasteiger partial charge on any atom is -0.390 e. The number of fused-ring (bicyclic) bond motifs is 7. The number of aliphatic hydroxyl groups excluding tert-OH is 2. The van der Waals surface area contributed by atoms with Crippen molar-refractivity contribution in [2.75, 3.05) is 24.5 Å². The summed E-state index contributed by atoms with van der Waals surface area (Å²) in [6, 6.07) is 6.03. The van der Waals surface area contributed by atoms with Crippen molar-refractivity contribution >= 4 is 27.4 Å². The number of Topliss-reactive ketones (excluding diaryl/α,β-unsaturated/α-hetero) is 1. The molecule has 1 heterocycles. The van der Waals surface area contributed by atoms with E-state index < -0.39 is 80.4 Å². The second-order valence-corrected chi connectivity index (χ2v) is 14.1. The van der Waals surface area contributed by atoms with Crippen LogP contribution in [0.2, 0.25) is 0 Å². The number of hydroxylamine groups is 1. The monoisotopic (exact) mass is 593 g/mol. The third kappa shape index (κ3) is 3.69. The third-order valence-electron chi connectivity index (χ3n) is 10.6. The van der Waals surface area contributed by atoms with E-state index in [1.807, 2.05) is 0 Å². The highest BCUT2D eigenvalue weighted by Crippen LogP contribution is 2.72. The predicted molar refractivity (Wildman–Crippen MR) is 143 cm³/mol. The van der Waals surface area contributed by atoms with Crippen LogP contribution in [0.1, 0.15) is 33.1 Å². The fraction of sp³-hybridized carbons (Fsp3) is 0.586. The van der Waals surface area contributed by atoms with Crippen LogP contribution in [0.3, 0.4) is 0 Å². The topological polar surface area (TPSA) is 130 Å². The maximum Gasteiger partial charge on any atom is 0.306 e. The number of hydrogen-bond acceptors (Lipinski definition) is 9. The first-order chi connectivity index (χ1) is 19.1. The molecular weight excluding hydrogens is 560 g/mol. The lowest BCUT2D eigenvalue weighted by atomic mass is 9.44. The van der Waals surface area contributed by atoms with Crippen LogP contribution in [-0.2, 0) is 24.5 Å². The van der Waals surface area contributed by atoms with Crippen molar-refractivity contribution in [2.24, 2.45) is 28.6 Å². The van der Waals surface area contributed by atoms with Gasteiger partial charge in [-0.2, -0.15) is 8.42 Å². The van der Waals surface area contributed by atoms with Gasteiger partial charge in [0.05, 0.1) is 24.6 Å². The molecule has 1 aromatic rings. The first-order valence-electron chi connectivity index (χ1n) is 13.7. The number of hydrogen-bond donors (Lipinski definition) is 2. The van der Waals surface area contributed by atoms with Crippen molar-refractivity contribution in [3.63, 3.8) is 0 Å². The zero-order valence-corrected chi connectivity index (χ0v) is 23.7. The van der Waals surface area contributed by atoms with Gasteiger partial charge in [-0.05, 0) is 74.1 Å². The van der Waals surface area contributed by atoms with Gasteiger partial charge in [-0.15, -0.1) is 0 Å². The fourth-order valence-electron chi connectivity index (χ4n) is 8.86. The van der Waals surface area contributed by atoms with Gasteiger partial charge in [-0.25, -0.2) is 8.78 Å². The molecule has 41 heavy (non-hydrogen) atoms. The number of ketones is 2. The molecule has 0 radical (unpaired) electrons. The van der Waals surface area contributed by atoms with Gasteiger partial charge in [0.15, 0.2) is 22.8 Å². The van der Waals surface area contributed by atoms with Crippen LogP contribution < -0.4 is 9.25 Å². The molecule has 6 rings (SSSR count). The van der Waals surface area contributed by atoms with E-state index in [0.29, 0.717) is 12.1 Å². The largest absolute Gasteiger partial charge is 0.390 e. The SMILES string of the molecule is C[C@]12C=CC(=O)C=C1[C@@H](F)C[C@H]1[C@@H]3C[C@H]4CN(c5ccc(OS(C)(=O)=O)cc5)O[C@@]4(C(=O)CO)[C@@]3(C)C[C@H](O)[C@@]12F. The number of benzene rings is 1. The Balaban J connectivity index is 1.38. The maximum absolute atomic E-state index is 17.5. The highest BCUT2D eigenvalue weighted by Gasteiger charge is 2.79. The molecule has 0 unspecified atom stereocenters. The standard InChI is InChI=1S/C29H33F2NO8S/c1-26-9-8-18(34)11-22(26)23(30)12-21-20-10-16-14-32(17-4-6-19(7-5-17)39-41(3,37)38)40-29(16,25(36)15-33)27(20,2)13-24(35)28(21,26)31/h4-9,11,16,20-21,23-24,33,35H,10,12-15H2,1-3H3/t16-,20-,21-,23-,24-,26-,27-,28-,29-/m0/s1. The second-order valence-electron chi connectivity index (χ2n) is 12.5. The van der Waals surface area contributed by atoms with Crippen molar-refractivity contribution in [2.45, 2.75) is 56.7 Å². The Bertz CT molecular complexity index is 1480. The number of allylic oxidation sites excluding steroid dienone is 4. The van der Waals surface area contributed by atoms with Crippen LogP contribution in [0.5, 0.6) is 5.75 Å². The highest BCUT2D eigenvalue weighted by atomic mass is 32.2. The summed E-state index contributed by atoms with van der Waals surface area (Å²) < 4.78 is 61.0. The average Bonchev–Trinajstić information content (AvgIpc) is 3.39. The Morgan fingerprint density at radius 1 is 1.20 bits per heavy atom. The van der Waals surface area contributed by atoms with Gasteiger partial charge in [0, 0.05) is 22.7 Å². The van der Waals surface area contributed by atoms with Gasteiger partial charge >= 0.3 is 10.1 Å². The summed E-state index contributed by atoms with van der Waals surface area (Å²) in [6.45, 7) is 2.63. The second kappa shape index (κ2) is 8.92. The molecule has 2 N–H and O–H groups in total. The third-order valence-corrected chi connectivity index (χ3v) is 11.0. The molecule has 222 valence electrons. The molecule has 1 saturated heterocycles. The number of nitrogens with zero attached hydrogens (tertiary/aromatic N) is 1. The summed E-state index contributed by atoms with van der Waals surface area (Å²) in [5.41, 5.74) is -6.08. The van der Waals surface area contributed by atoms with Gasteiger partial charge in [-0.1, -0.05) is 13.0 Å². The van der Waals surface area contributed by atoms with Crippen LogP contribution in [0.25, 0.3) is 0 Å². The lowest BCUT2D eigenvalue weighted by Gasteiger charge is -2.63. The Morgan fingerprint density at radius 3 is 2.51 bits per heavy atom. The van der Waals surface area contributed by atoms with Gasteiger partial charge in [0.1, 0.15) is 18.5 Å². The van der Waals surface area contributed by atoms with Crippen molar-refractivity contribution in [3.8, 4) is 5.75 Å². The summed E-state index contributed by atoms with van der Waals surface area (Å²) in [4.78, 5) is 32.1. The van der Waals surface area contributed by atoms with Gasteiger partial charge < -0.3 is 14.4 Å². The molecule has 0 bridgehead atoms. The first kappa shape index (κ1) is 28.4. The number of rotatable bonds is 5. The van der Waals surface area contributed by atoms with Crippen molar-refractivity contribution in [3.05, 3.63) is 48.1 Å². The van der Waals surface area contributed by atoms with Crippen LogP contribution in [0.15, 0.2) is 48.1 Å². The zero-order valence-electron chi connectivity index (χ0n) is 22.9. The highest BCUT2D eigenvalue weighted by molar-refractivity contribution is 7.86. The fourth-order valence-corrected chi connectivity index (χ4v) is 9.32. The Hall–Kier alpha value is -2.67. The lowest BCUT2D eigenvalue weighted by molar-refractivity contribution is -0.228. The molecule has 4 aliphatic carbocycles.